The Morgan fingerprint density at radius 1 is 0.821 bits per heavy atom. The molecule has 0 atom stereocenters. The number of hydrogen-bond acceptors (Lipinski definition) is 3. The summed E-state index contributed by atoms with van der Waals surface area (Å²) in [6.07, 6.45) is 0. The fraction of sp³-hybridized carbons (Fsp3) is 0.0870. The first-order valence-electron chi connectivity index (χ1n) is 9.01. The molecule has 1 heterocycles. The Balaban J connectivity index is 1.93. The van der Waals surface area contributed by atoms with Crippen LogP contribution in [0.4, 0.5) is 5.69 Å². The third-order valence-electron chi connectivity index (χ3n) is 4.72. The summed E-state index contributed by atoms with van der Waals surface area (Å²) in [4.78, 5) is 19.2. The topological polar surface area (TPSA) is 71.8 Å². The summed E-state index contributed by atoms with van der Waals surface area (Å²) in [5.41, 5.74) is 6.39. The summed E-state index contributed by atoms with van der Waals surface area (Å²) in [5.74, 6) is 0.485. The highest BCUT2D eigenvalue weighted by molar-refractivity contribution is 5.82. The van der Waals surface area contributed by atoms with E-state index in [2.05, 4.69) is 4.98 Å². The highest BCUT2D eigenvalue weighted by atomic mass is 16.6. The van der Waals surface area contributed by atoms with E-state index in [1.807, 2.05) is 62.4 Å². The molecule has 5 heteroatoms. The molecule has 0 aliphatic heterocycles. The van der Waals surface area contributed by atoms with E-state index < -0.39 is 0 Å². The van der Waals surface area contributed by atoms with Gasteiger partial charge in [0, 0.05) is 17.2 Å². The van der Waals surface area contributed by atoms with Crippen LogP contribution in [0.5, 0.6) is 0 Å². The number of rotatable bonds is 4. The van der Waals surface area contributed by atoms with E-state index in [1.165, 1.54) is 11.6 Å². The monoisotopic (exact) mass is 369 g/mol. The number of para-hydroxylation sites is 1. The number of aromatic nitrogens is 2. The maximum atomic E-state index is 11.5. The van der Waals surface area contributed by atoms with Gasteiger partial charge in [-0.1, -0.05) is 71.8 Å². The zero-order valence-electron chi connectivity index (χ0n) is 15.6. The molecule has 0 aliphatic carbocycles. The van der Waals surface area contributed by atoms with Crippen molar-refractivity contribution in [2.75, 3.05) is 0 Å². The van der Waals surface area contributed by atoms with Gasteiger partial charge in [0.15, 0.2) is 0 Å². The van der Waals surface area contributed by atoms with Crippen molar-refractivity contribution in [3.63, 3.8) is 0 Å². The number of nitro groups is 1. The molecule has 4 rings (SSSR count). The molecule has 1 aromatic heterocycles. The summed E-state index contributed by atoms with van der Waals surface area (Å²) in [6.45, 7) is 4.07. The number of aromatic amines is 1. The molecule has 0 bridgehead atoms. The van der Waals surface area contributed by atoms with Crippen LogP contribution in [0.1, 0.15) is 11.1 Å². The first-order valence-corrected chi connectivity index (χ1v) is 9.01. The summed E-state index contributed by atoms with van der Waals surface area (Å²) in [5, 5.41) is 11.5. The van der Waals surface area contributed by atoms with Crippen molar-refractivity contribution >= 4 is 5.69 Å². The zero-order valence-corrected chi connectivity index (χ0v) is 15.6. The maximum Gasteiger partial charge on any atom is 0.280 e. The third kappa shape index (κ3) is 3.30. The molecule has 0 saturated heterocycles. The van der Waals surface area contributed by atoms with Gasteiger partial charge in [0.2, 0.25) is 0 Å². The number of hydrogen-bond donors (Lipinski definition) is 1. The van der Waals surface area contributed by atoms with Crippen LogP contribution in [-0.4, -0.2) is 14.9 Å². The van der Waals surface area contributed by atoms with Crippen LogP contribution in [0, 0.1) is 24.0 Å². The van der Waals surface area contributed by atoms with Crippen molar-refractivity contribution in [3.05, 3.63) is 94.0 Å². The van der Waals surface area contributed by atoms with Gasteiger partial charge in [-0.2, -0.15) is 0 Å². The molecule has 0 radical (unpaired) electrons. The average molecular weight is 369 g/mol. The van der Waals surface area contributed by atoms with Gasteiger partial charge in [-0.15, -0.1) is 0 Å². The zero-order chi connectivity index (χ0) is 19.7. The summed E-state index contributed by atoms with van der Waals surface area (Å²) in [6, 6.07) is 22.9. The van der Waals surface area contributed by atoms with Gasteiger partial charge >= 0.3 is 0 Å². The maximum absolute atomic E-state index is 11.5. The molecular formula is C23H19N3O2. The molecule has 138 valence electrons. The Bertz CT molecular complexity index is 1080. The Morgan fingerprint density at radius 2 is 1.39 bits per heavy atom. The van der Waals surface area contributed by atoms with Gasteiger partial charge in [-0.05, 0) is 19.9 Å². The van der Waals surface area contributed by atoms with Gasteiger partial charge in [0.05, 0.1) is 21.9 Å². The lowest BCUT2D eigenvalue weighted by atomic mass is 10.0. The van der Waals surface area contributed by atoms with Gasteiger partial charge in [0.25, 0.3) is 5.69 Å². The van der Waals surface area contributed by atoms with E-state index in [1.54, 1.807) is 18.2 Å². The molecule has 0 saturated carbocycles. The van der Waals surface area contributed by atoms with Crippen LogP contribution < -0.4 is 0 Å². The lowest BCUT2D eigenvalue weighted by Gasteiger charge is -2.04. The molecule has 0 aliphatic rings. The van der Waals surface area contributed by atoms with Crippen molar-refractivity contribution in [3.8, 4) is 33.9 Å². The van der Waals surface area contributed by atoms with Crippen molar-refractivity contribution in [1.29, 1.82) is 0 Å². The average Bonchev–Trinajstić information content (AvgIpc) is 3.14. The normalized spacial score (nSPS) is 10.8. The number of H-pyrrole nitrogens is 1. The fourth-order valence-corrected chi connectivity index (χ4v) is 3.18. The van der Waals surface area contributed by atoms with Gasteiger partial charge < -0.3 is 4.98 Å². The van der Waals surface area contributed by atoms with Crippen molar-refractivity contribution in [1.82, 2.24) is 9.97 Å². The van der Waals surface area contributed by atoms with Crippen LogP contribution in [-0.2, 0) is 0 Å². The van der Waals surface area contributed by atoms with Crippen molar-refractivity contribution < 1.29 is 4.92 Å². The van der Waals surface area contributed by atoms with Gasteiger partial charge in [-0.3, -0.25) is 10.1 Å². The van der Waals surface area contributed by atoms with E-state index >= 15 is 0 Å². The molecule has 5 nitrogen and oxygen atoms in total. The molecule has 28 heavy (non-hydrogen) atoms. The molecule has 4 aromatic rings. The minimum Gasteiger partial charge on any atom is -0.337 e. The quantitative estimate of drug-likeness (QED) is 0.358. The second kappa shape index (κ2) is 7.12. The van der Waals surface area contributed by atoms with Gasteiger partial charge in [-0.25, -0.2) is 4.98 Å². The van der Waals surface area contributed by atoms with Crippen LogP contribution in [0.2, 0.25) is 0 Å². The molecule has 0 amide bonds. The van der Waals surface area contributed by atoms with Crippen LogP contribution in [0.25, 0.3) is 33.9 Å². The Kier molecular flexibility index (Phi) is 4.49. The van der Waals surface area contributed by atoms with Crippen LogP contribution in [0.15, 0.2) is 72.8 Å². The van der Waals surface area contributed by atoms with Crippen molar-refractivity contribution in [2.24, 2.45) is 0 Å². The predicted octanol–water partition coefficient (Wildman–Crippen LogP) is 5.94. The summed E-state index contributed by atoms with van der Waals surface area (Å²) in [7, 11) is 0. The molecule has 1 N–H and O–H groups in total. The number of aryl methyl sites for hydroxylation is 2. The molecule has 0 spiro atoms. The van der Waals surface area contributed by atoms with E-state index in [0.717, 1.165) is 28.1 Å². The molecule has 0 unspecified atom stereocenters. The van der Waals surface area contributed by atoms with Crippen LogP contribution >= 0.6 is 0 Å². The molecule has 3 aromatic carbocycles. The minimum atomic E-state index is -0.380. The number of nitro benzene ring substituents is 1. The smallest absolute Gasteiger partial charge is 0.280 e. The Hall–Kier alpha value is -3.73. The second-order valence-corrected chi connectivity index (χ2v) is 6.82. The first kappa shape index (κ1) is 17.7. The predicted molar refractivity (Wildman–Crippen MR) is 111 cm³/mol. The Labute approximate surface area is 162 Å². The minimum absolute atomic E-state index is 0.0298. The lowest BCUT2D eigenvalue weighted by molar-refractivity contribution is -0.384. The highest BCUT2D eigenvalue weighted by Gasteiger charge is 2.21. The Morgan fingerprint density at radius 3 is 2.00 bits per heavy atom. The van der Waals surface area contributed by atoms with E-state index in [9.17, 15) is 10.1 Å². The van der Waals surface area contributed by atoms with Crippen LogP contribution in [0.3, 0.4) is 0 Å². The SMILES string of the molecule is Cc1ccc(-c2nc(-c3ccccc3[N+](=O)[O-])[nH]c2-c2ccc(C)cc2)cc1. The molecular weight excluding hydrogens is 350 g/mol. The number of imidazole rings is 1. The largest absolute Gasteiger partial charge is 0.337 e. The number of benzene rings is 3. The lowest BCUT2D eigenvalue weighted by Crippen LogP contribution is -1.92. The standard InChI is InChI=1S/C23H19N3O2/c1-15-7-11-17(12-8-15)21-22(18-13-9-16(2)10-14-18)25-23(24-21)19-5-3-4-6-20(19)26(27)28/h3-14H,1-2H3,(H,24,25). The van der Waals surface area contributed by atoms with Crippen molar-refractivity contribution in [2.45, 2.75) is 13.8 Å². The van der Waals surface area contributed by atoms with E-state index in [-0.39, 0.29) is 10.6 Å². The van der Waals surface area contributed by atoms with Gasteiger partial charge in [0.1, 0.15) is 5.82 Å². The molecule has 0 fully saturated rings. The number of nitrogens with one attached hydrogen (secondary N) is 1. The summed E-state index contributed by atoms with van der Waals surface area (Å²) < 4.78 is 0. The van der Waals surface area contributed by atoms with E-state index in [4.69, 9.17) is 4.98 Å². The fourth-order valence-electron chi connectivity index (χ4n) is 3.18. The van der Waals surface area contributed by atoms with E-state index in [0.29, 0.717) is 11.4 Å². The first-order chi connectivity index (χ1) is 13.5. The summed E-state index contributed by atoms with van der Waals surface area (Å²) >= 11 is 0. The highest BCUT2D eigenvalue weighted by Crippen LogP contribution is 2.35. The number of nitrogens with zero attached hydrogens (tertiary/aromatic N) is 2. The third-order valence-corrected chi connectivity index (χ3v) is 4.72. The second-order valence-electron chi connectivity index (χ2n) is 6.82.